The summed E-state index contributed by atoms with van der Waals surface area (Å²) in [4.78, 5) is 30.4. The first-order valence-electron chi connectivity index (χ1n) is 11.0. The molecule has 2 N–H and O–H groups in total. The van der Waals surface area contributed by atoms with Gasteiger partial charge in [0.2, 0.25) is 5.95 Å². The number of hydrogen-bond acceptors (Lipinski definition) is 9. The number of carbonyl (C=O) groups is 1. The van der Waals surface area contributed by atoms with Crippen LogP contribution in [0.4, 0.5) is 17.3 Å². The van der Waals surface area contributed by atoms with Gasteiger partial charge in [0.05, 0.1) is 12.7 Å². The monoisotopic (exact) mass is 518 g/mol. The highest BCUT2D eigenvalue weighted by Crippen LogP contribution is 2.23. The summed E-state index contributed by atoms with van der Waals surface area (Å²) in [5.74, 6) is 1.03. The molecule has 0 bridgehead atoms. The van der Waals surface area contributed by atoms with E-state index >= 15 is 0 Å². The number of nitrogens with one attached hydrogen (secondary N) is 2. The molecule has 5 aromatic rings. The molecular formula is C25H19ClN6O5. The van der Waals surface area contributed by atoms with Gasteiger partial charge in [-0.3, -0.25) is 14.2 Å². The van der Waals surface area contributed by atoms with Crippen molar-refractivity contribution in [2.75, 3.05) is 10.6 Å². The Morgan fingerprint density at radius 1 is 1.08 bits per heavy atom. The Morgan fingerprint density at radius 3 is 2.54 bits per heavy atom. The molecule has 0 fully saturated rings. The van der Waals surface area contributed by atoms with E-state index < -0.39 is 11.5 Å². The number of ether oxygens (including phenoxy) is 1. The first-order valence-corrected chi connectivity index (χ1v) is 11.4. The predicted octanol–water partition coefficient (Wildman–Crippen LogP) is 5.02. The van der Waals surface area contributed by atoms with Crippen molar-refractivity contribution >= 4 is 34.8 Å². The summed E-state index contributed by atoms with van der Waals surface area (Å²) in [6.07, 6.45) is 2.70. The molecule has 3 heterocycles. The molecule has 0 atom stereocenters. The normalized spacial score (nSPS) is 10.8. The zero-order chi connectivity index (χ0) is 25.8. The Balaban J connectivity index is 1.42. The molecule has 0 radical (unpaired) electrons. The van der Waals surface area contributed by atoms with E-state index in [1.54, 1.807) is 61.5 Å². The van der Waals surface area contributed by atoms with Crippen LogP contribution in [0.2, 0.25) is 5.02 Å². The summed E-state index contributed by atoms with van der Waals surface area (Å²) < 4.78 is 16.7. The smallest absolute Gasteiger partial charge is 0.279 e. The fourth-order valence-corrected chi connectivity index (χ4v) is 3.49. The van der Waals surface area contributed by atoms with Crippen LogP contribution in [0.25, 0.3) is 0 Å². The second kappa shape index (κ2) is 10.4. The number of aryl methyl sites for hydroxylation is 1. The molecular weight excluding hydrogens is 500 g/mol. The fourth-order valence-electron chi connectivity index (χ4n) is 3.37. The summed E-state index contributed by atoms with van der Waals surface area (Å²) in [5, 5.41) is 13.7. The first kappa shape index (κ1) is 23.8. The second-order valence-corrected chi connectivity index (χ2v) is 8.32. The maximum Gasteiger partial charge on any atom is 0.279 e. The highest BCUT2D eigenvalue weighted by molar-refractivity contribution is 6.30. The Hall–Kier alpha value is -4.90. The lowest BCUT2D eigenvalue weighted by Crippen LogP contribution is -2.29. The summed E-state index contributed by atoms with van der Waals surface area (Å²) >= 11 is 6.01. The lowest BCUT2D eigenvalue weighted by Gasteiger charge is -2.15. The number of carbonyl (C=O) groups excluding carboxylic acids is 1. The number of nitrogens with zero attached hydrogens (tertiary/aromatic N) is 4. The summed E-state index contributed by atoms with van der Waals surface area (Å²) in [6.45, 7) is 1.84. The lowest BCUT2D eigenvalue weighted by molar-refractivity contribution is 0.101. The summed E-state index contributed by atoms with van der Waals surface area (Å²) in [7, 11) is 0. The Morgan fingerprint density at radius 2 is 1.86 bits per heavy atom. The van der Waals surface area contributed by atoms with Crippen molar-refractivity contribution < 1.29 is 18.6 Å². The maximum atomic E-state index is 13.4. The number of halogens is 1. The van der Waals surface area contributed by atoms with Crippen molar-refractivity contribution in [1.82, 2.24) is 19.9 Å². The highest BCUT2D eigenvalue weighted by Gasteiger charge is 2.17. The van der Waals surface area contributed by atoms with Gasteiger partial charge >= 0.3 is 0 Å². The Labute approximate surface area is 214 Å². The van der Waals surface area contributed by atoms with Gasteiger partial charge in [0.25, 0.3) is 17.3 Å². The third kappa shape index (κ3) is 5.68. The topological polar surface area (TPSA) is 137 Å². The number of rotatable bonds is 8. The van der Waals surface area contributed by atoms with E-state index in [1.807, 2.05) is 0 Å². The molecule has 0 spiro atoms. The zero-order valence-corrected chi connectivity index (χ0v) is 20.1. The predicted molar refractivity (Wildman–Crippen MR) is 135 cm³/mol. The molecule has 5 rings (SSSR count). The average Bonchev–Trinajstić information content (AvgIpc) is 3.57. The van der Waals surface area contributed by atoms with Crippen LogP contribution in [0.15, 0.2) is 87.0 Å². The van der Waals surface area contributed by atoms with Crippen LogP contribution < -0.4 is 20.9 Å². The van der Waals surface area contributed by atoms with Crippen LogP contribution in [0, 0.1) is 6.92 Å². The van der Waals surface area contributed by atoms with Gasteiger partial charge in [-0.2, -0.15) is 0 Å². The van der Waals surface area contributed by atoms with E-state index in [0.29, 0.717) is 28.1 Å². The van der Waals surface area contributed by atoms with Gasteiger partial charge in [-0.15, -0.1) is 0 Å². The van der Waals surface area contributed by atoms with E-state index in [-0.39, 0.29) is 23.9 Å². The van der Waals surface area contributed by atoms with Crippen LogP contribution in [-0.4, -0.2) is 25.8 Å². The SMILES string of the molecule is Cc1cc(C(=O)Nc2cnc(Nc3ccc(Oc4ccon4)cc3)n(Cc3ccc(Cl)cc3)c2=O)no1. The van der Waals surface area contributed by atoms with Crippen LogP contribution in [0.5, 0.6) is 11.6 Å². The molecule has 0 aliphatic rings. The van der Waals surface area contributed by atoms with Crippen molar-refractivity contribution in [3.05, 3.63) is 106 Å². The van der Waals surface area contributed by atoms with Crippen molar-refractivity contribution in [3.63, 3.8) is 0 Å². The zero-order valence-electron chi connectivity index (χ0n) is 19.3. The number of amides is 1. The van der Waals surface area contributed by atoms with Gasteiger partial charge in [-0.05, 0) is 54.0 Å². The first-order chi connectivity index (χ1) is 17.9. The minimum Gasteiger partial charge on any atom is -0.436 e. The molecule has 11 nitrogen and oxygen atoms in total. The maximum absolute atomic E-state index is 13.4. The standard InChI is InChI=1S/C25H19ClN6O5/c1-15-12-20(30-37-15)23(33)29-21-13-27-25(32(24(21)34)14-16-2-4-17(26)5-3-16)28-18-6-8-19(9-7-18)36-22-10-11-35-31-22/h2-13H,14H2,1H3,(H,27,28)(H,29,33). The molecule has 186 valence electrons. The molecule has 0 saturated heterocycles. The van der Waals surface area contributed by atoms with Crippen molar-refractivity contribution in [3.8, 4) is 11.6 Å². The van der Waals surface area contributed by atoms with E-state index in [0.717, 1.165) is 5.56 Å². The van der Waals surface area contributed by atoms with Crippen molar-refractivity contribution in [2.24, 2.45) is 0 Å². The largest absolute Gasteiger partial charge is 0.436 e. The molecule has 0 aliphatic carbocycles. The molecule has 0 aliphatic heterocycles. The average molecular weight is 519 g/mol. The van der Waals surface area contributed by atoms with Gasteiger partial charge in [0.1, 0.15) is 23.5 Å². The second-order valence-electron chi connectivity index (χ2n) is 7.88. The van der Waals surface area contributed by atoms with E-state index in [9.17, 15) is 9.59 Å². The van der Waals surface area contributed by atoms with E-state index in [2.05, 4.69) is 25.9 Å². The molecule has 2 aromatic carbocycles. The molecule has 1 amide bonds. The summed E-state index contributed by atoms with van der Waals surface area (Å²) in [6, 6.07) is 17.1. The molecule has 37 heavy (non-hydrogen) atoms. The van der Waals surface area contributed by atoms with Crippen LogP contribution in [-0.2, 0) is 6.54 Å². The lowest BCUT2D eigenvalue weighted by atomic mass is 10.2. The molecule has 12 heteroatoms. The molecule has 0 unspecified atom stereocenters. The minimum absolute atomic E-state index is 0.0125. The molecule has 3 aromatic heterocycles. The van der Waals surface area contributed by atoms with Gasteiger partial charge in [-0.25, -0.2) is 4.98 Å². The van der Waals surface area contributed by atoms with Gasteiger partial charge < -0.3 is 24.4 Å². The number of hydrogen-bond donors (Lipinski definition) is 2. The third-order valence-electron chi connectivity index (χ3n) is 5.16. The fraction of sp³-hybridized carbons (Fsp3) is 0.0800. The third-order valence-corrected chi connectivity index (χ3v) is 5.41. The van der Waals surface area contributed by atoms with Gasteiger partial charge in [-0.1, -0.05) is 28.9 Å². The van der Waals surface area contributed by atoms with Crippen molar-refractivity contribution in [1.29, 1.82) is 0 Å². The Bertz CT molecular complexity index is 1580. The number of anilines is 3. The quantitative estimate of drug-likeness (QED) is 0.290. The van der Waals surface area contributed by atoms with Crippen LogP contribution >= 0.6 is 11.6 Å². The van der Waals surface area contributed by atoms with Gasteiger partial charge in [0.15, 0.2) is 5.69 Å². The molecule has 0 saturated carbocycles. The van der Waals surface area contributed by atoms with Crippen molar-refractivity contribution in [2.45, 2.75) is 13.5 Å². The van der Waals surface area contributed by atoms with Crippen LogP contribution in [0.1, 0.15) is 21.8 Å². The Kier molecular flexibility index (Phi) is 6.68. The summed E-state index contributed by atoms with van der Waals surface area (Å²) in [5.41, 5.74) is 1.03. The number of aromatic nitrogens is 4. The number of benzene rings is 2. The minimum atomic E-state index is -0.586. The van der Waals surface area contributed by atoms with E-state index in [1.165, 1.54) is 23.1 Å². The van der Waals surface area contributed by atoms with E-state index in [4.69, 9.17) is 25.4 Å². The van der Waals surface area contributed by atoms with Gasteiger partial charge in [0, 0.05) is 22.8 Å². The van der Waals surface area contributed by atoms with Crippen LogP contribution in [0.3, 0.4) is 0 Å². The highest BCUT2D eigenvalue weighted by atomic mass is 35.5.